The molecule has 1 aromatic heterocycles. The van der Waals surface area contributed by atoms with E-state index in [1.54, 1.807) is 11.3 Å². The van der Waals surface area contributed by atoms with Crippen molar-refractivity contribution in [3.8, 4) is 0 Å². The zero-order valence-corrected chi connectivity index (χ0v) is 8.83. The molecule has 1 aromatic rings. The van der Waals surface area contributed by atoms with Crippen molar-refractivity contribution in [2.75, 3.05) is 6.61 Å². The summed E-state index contributed by atoms with van der Waals surface area (Å²) in [7, 11) is 0. The van der Waals surface area contributed by atoms with Gasteiger partial charge >= 0.3 is 0 Å². The van der Waals surface area contributed by atoms with Gasteiger partial charge in [-0.2, -0.15) is 0 Å². The Bertz CT molecular complexity index is 294. The Kier molecular flexibility index (Phi) is 3.35. The molecule has 3 heteroatoms. The molecule has 0 aliphatic heterocycles. The van der Waals surface area contributed by atoms with Crippen LogP contribution in [0.4, 0.5) is 0 Å². The van der Waals surface area contributed by atoms with E-state index in [0.29, 0.717) is 12.0 Å². The summed E-state index contributed by atoms with van der Waals surface area (Å²) in [6.45, 7) is 1.21. The summed E-state index contributed by atoms with van der Waals surface area (Å²) in [5, 5.41) is 14.5. The van der Waals surface area contributed by atoms with Crippen molar-refractivity contribution >= 4 is 11.3 Å². The Morgan fingerprint density at radius 1 is 1.50 bits per heavy atom. The lowest BCUT2D eigenvalue weighted by molar-refractivity contribution is 0.246. The van der Waals surface area contributed by atoms with E-state index in [9.17, 15) is 0 Å². The highest BCUT2D eigenvalue weighted by atomic mass is 32.1. The van der Waals surface area contributed by atoms with Gasteiger partial charge < -0.3 is 10.4 Å². The Balaban J connectivity index is 1.75. The second-order valence-electron chi connectivity index (χ2n) is 3.63. The fraction of sp³-hybridized carbons (Fsp3) is 0.455. The van der Waals surface area contributed by atoms with Gasteiger partial charge in [0.1, 0.15) is 0 Å². The minimum atomic E-state index is 0.272. The number of hydrogen-bond acceptors (Lipinski definition) is 3. The molecule has 14 heavy (non-hydrogen) atoms. The Morgan fingerprint density at radius 3 is 3.07 bits per heavy atom. The fourth-order valence-electron chi connectivity index (χ4n) is 1.71. The van der Waals surface area contributed by atoms with Crippen molar-refractivity contribution in [1.29, 1.82) is 0 Å². The lowest BCUT2D eigenvalue weighted by atomic mass is 10.1. The summed E-state index contributed by atoms with van der Waals surface area (Å²) in [5.74, 6) is 0.357. The minimum absolute atomic E-state index is 0.272. The zero-order chi connectivity index (χ0) is 9.80. The maximum Gasteiger partial charge on any atom is 0.0494 e. The van der Waals surface area contributed by atoms with Gasteiger partial charge in [-0.25, -0.2) is 0 Å². The first-order chi connectivity index (χ1) is 6.88. The lowest BCUT2D eigenvalue weighted by Gasteiger charge is -2.11. The summed E-state index contributed by atoms with van der Waals surface area (Å²) in [6.07, 6.45) is 5.29. The van der Waals surface area contributed by atoms with E-state index in [1.165, 1.54) is 4.88 Å². The van der Waals surface area contributed by atoms with Crippen LogP contribution in [0.2, 0.25) is 0 Å². The topological polar surface area (TPSA) is 32.3 Å². The second kappa shape index (κ2) is 4.73. The van der Waals surface area contributed by atoms with Crippen LogP contribution in [0.3, 0.4) is 0 Å². The van der Waals surface area contributed by atoms with Gasteiger partial charge in [-0.1, -0.05) is 18.2 Å². The van der Waals surface area contributed by atoms with E-state index < -0.39 is 0 Å². The molecule has 76 valence electrons. The van der Waals surface area contributed by atoms with Gasteiger partial charge in [-0.15, -0.1) is 11.3 Å². The van der Waals surface area contributed by atoms with Crippen LogP contribution in [0.1, 0.15) is 11.3 Å². The van der Waals surface area contributed by atoms with Crippen molar-refractivity contribution in [1.82, 2.24) is 5.32 Å². The predicted molar refractivity (Wildman–Crippen MR) is 59.3 cm³/mol. The Hall–Kier alpha value is -0.640. The van der Waals surface area contributed by atoms with Crippen LogP contribution in [0.15, 0.2) is 29.7 Å². The molecule has 0 fully saturated rings. The number of hydrogen-bond donors (Lipinski definition) is 2. The second-order valence-corrected chi connectivity index (χ2v) is 4.66. The van der Waals surface area contributed by atoms with E-state index in [0.717, 1.165) is 13.0 Å². The molecule has 0 radical (unpaired) electrons. The molecule has 0 saturated carbocycles. The van der Waals surface area contributed by atoms with Crippen LogP contribution >= 0.6 is 11.3 Å². The van der Waals surface area contributed by atoms with E-state index in [1.807, 2.05) is 0 Å². The van der Waals surface area contributed by atoms with Crippen LogP contribution in [0.5, 0.6) is 0 Å². The molecule has 2 nitrogen and oxygen atoms in total. The van der Waals surface area contributed by atoms with Gasteiger partial charge in [0.2, 0.25) is 0 Å². The summed E-state index contributed by atoms with van der Waals surface area (Å²) in [5.41, 5.74) is 0. The lowest BCUT2D eigenvalue weighted by Crippen LogP contribution is -2.25. The first-order valence-corrected chi connectivity index (χ1v) is 5.81. The highest BCUT2D eigenvalue weighted by Gasteiger charge is 2.17. The van der Waals surface area contributed by atoms with Crippen molar-refractivity contribution in [2.24, 2.45) is 5.92 Å². The molecule has 0 bridgehead atoms. The summed E-state index contributed by atoms with van der Waals surface area (Å²) in [6, 6.07) is 4.65. The van der Waals surface area contributed by atoms with Gasteiger partial charge in [0.25, 0.3) is 0 Å². The molecule has 0 unspecified atom stereocenters. The molecule has 1 heterocycles. The van der Waals surface area contributed by atoms with Crippen molar-refractivity contribution in [3.05, 3.63) is 34.5 Å². The van der Waals surface area contributed by atoms with E-state index in [2.05, 4.69) is 35.0 Å². The average Bonchev–Trinajstić information content (AvgIpc) is 2.86. The maximum atomic E-state index is 8.96. The Labute approximate surface area is 88.3 Å². The standard InChI is InChI=1S/C11H15NOS/c13-8-9-3-4-10(6-9)12-7-11-2-1-5-14-11/h1-5,9-10,12-13H,6-8H2/t9-,10-/m0/s1. The highest BCUT2D eigenvalue weighted by molar-refractivity contribution is 7.09. The monoisotopic (exact) mass is 209 g/mol. The van der Waals surface area contributed by atoms with Crippen LogP contribution in [-0.2, 0) is 6.54 Å². The first-order valence-electron chi connectivity index (χ1n) is 4.93. The summed E-state index contributed by atoms with van der Waals surface area (Å²) in [4.78, 5) is 1.37. The smallest absolute Gasteiger partial charge is 0.0494 e. The predicted octanol–water partition coefficient (Wildman–Crippen LogP) is 1.77. The molecule has 1 aliphatic carbocycles. The average molecular weight is 209 g/mol. The molecule has 0 amide bonds. The third-order valence-electron chi connectivity index (χ3n) is 2.53. The molecule has 2 N–H and O–H groups in total. The Morgan fingerprint density at radius 2 is 2.43 bits per heavy atom. The molecular formula is C11H15NOS. The quantitative estimate of drug-likeness (QED) is 0.741. The van der Waals surface area contributed by atoms with Gasteiger partial charge in [0.15, 0.2) is 0 Å². The fourth-order valence-corrected chi connectivity index (χ4v) is 2.36. The van der Waals surface area contributed by atoms with Gasteiger partial charge in [-0.05, 0) is 17.9 Å². The summed E-state index contributed by atoms with van der Waals surface area (Å²) >= 11 is 1.78. The minimum Gasteiger partial charge on any atom is -0.396 e. The number of aliphatic hydroxyl groups is 1. The maximum absolute atomic E-state index is 8.96. The van der Waals surface area contributed by atoms with Gasteiger partial charge in [0.05, 0.1) is 0 Å². The molecule has 2 rings (SSSR count). The highest BCUT2D eigenvalue weighted by Crippen LogP contribution is 2.18. The molecule has 2 atom stereocenters. The third-order valence-corrected chi connectivity index (χ3v) is 3.40. The van der Waals surface area contributed by atoms with Gasteiger partial charge in [0, 0.05) is 30.0 Å². The van der Waals surface area contributed by atoms with Gasteiger partial charge in [-0.3, -0.25) is 0 Å². The number of nitrogens with one attached hydrogen (secondary N) is 1. The third kappa shape index (κ3) is 2.44. The van der Waals surface area contributed by atoms with Crippen LogP contribution < -0.4 is 5.32 Å². The summed E-state index contributed by atoms with van der Waals surface area (Å²) < 4.78 is 0. The van der Waals surface area contributed by atoms with E-state index >= 15 is 0 Å². The number of thiophene rings is 1. The molecule has 0 aromatic carbocycles. The number of aliphatic hydroxyl groups excluding tert-OH is 1. The first kappa shape index (κ1) is 9.90. The molecule has 1 aliphatic rings. The van der Waals surface area contributed by atoms with Crippen molar-refractivity contribution < 1.29 is 5.11 Å². The molecule has 0 spiro atoms. The zero-order valence-electron chi connectivity index (χ0n) is 8.02. The SMILES string of the molecule is OC[C@H]1C=C[C@H](NCc2cccs2)C1. The molecular weight excluding hydrogens is 194 g/mol. The normalized spacial score (nSPS) is 25.8. The van der Waals surface area contributed by atoms with E-state index in [-0.39, 0.29) is 6.61 Å². The van der Waals surface area contributed by atoms with E-state index in [4.69, 9.17) is 5.11 Å². The van der Waals surface area contributed by atoms with Crippen molar-refractivity contribution in [3.63, 3.8) is 0 Å². The van der Waals surface area contributed by atoms with Crippen LogP contribution in [0, 0.1) is 5.92 Å². The largest absolute Gasteiger partial charge is 0.396 e. The van der Waals surface area contributed by atoms with Crippen LogP contribution in [-0.4, -0.2) is 17.8 Å². The van der Waals surface area contributed by atoms with Crippen molar-refractivity contribution in [2.45, 2.75) is 19.0 Å². The number of rotatable bonds is 4. The van der Waals surface area contributed by atoms with Crippen LogP contribution in [0.25, 0.3) is 0 Å². The molecule has 0 saturated heterocycles.